The van der Waals surface area contributed by atoms with E-state index in [0.29, 0.717) is 5.69 Å². The summed E-state index contributed by atoms with van der Waals surface area (Å²) >= 11 is 0. The smallest absolute Gasteiger partial charge is 0.143 e. The Morgan fingerprint density at radius 1 is 1.26 bits per heavy atom. The van der Waals surface area contributed by atoms with Crippen LogP contribution in [0, 0.1) is 18.3 Å². The molecule has 0 atom stereocenters. The number of hydrogen-bond acceptors (Lipinski definition) is 3. The second kappa shape index (κ2) is 5.15. The van der Waals surface area contributed by atoms with E-state index in [1.54, 1.807) is 0 Å². The molecular weight excluding hydrogens is 238 g/mol. The standard InChI is InChI=1S/C15H17N3O/c1-10(2)19-13-7-5-12(6-8-13)15-17-11(3)14(9-16)18(15)4/h5-8,10H,1-4H3. The van der Waals surface area contributed by atoms with Crippen molar-refractivity contribution in [1.29, 1.82) is 5.26 Å². The molecule has 2 rings (SSSR count). The van der Waals surface area contributed by atoms with Gasteiger partial charge in [-0.05, 0) is 45.0 Å². The van der Waals surface area contributed by atoms with Gasteiger partial charge in [0, 0.05) is 12.6 Å². The molecule has 2 aromatic rings. The Morgan fingerprint density at radius 3 is 2.37 bits per heavy atom. The highest BCUT2D eigenvalue weighted by atomic mass is 16.5. The third kappa shape index (κ3) is 2.60. The molecule has 0 N–H and O–H groups in total. The first kappa shape index (κ1) is 13.2. The Hall–Kier alpha value is -2.28. The summed E-state index contributed by atoms with van der Waals surface area (Å²) in [6.45, 7) is 5.84. The maximum Gasteiger partial charge on any atom is 0.143 e. The van der Waals surface area contributed by atoms with Crippen molar-refractivity contribution in [3.63, 3.8) is 0 Å². The number of aromatic nitrogens is 2. The van der Waals surface area contributed by atoms with E-state index in [1.165, 1.54) is 0 Å². The van der Waals surface area contributed by atoms with Crippen LogP contribution in [0.4, 0.5) is 0 Å². The van der Waals surface area contributed by atoms with Crippen LogP contribution in [0.15, 0.2) is 24.3 Å². The SMILES string of the molecule is Cc1nc(-c2ccc(OC(C)C)cc2)n(C)c1C#N. The first-order chi connectivity index (χ1) is 9.02. The van der Waals surface area contributed by atoms with Crippen molar-refractivity contribution in [3.05, 3.63) is 35.7 Å². The van der Waals surface area contributed by atoms with Crippen LogP contribution in [-0.2, 0) is 7.05 Å². The van der Waals surface area contributed by atoms with Gasteiger partial charge in [-0.1, -0.05) is 0 Å². The van der Waals surface area contributed by atoms with Crippen LogP contribution in [-0.4, -0.2) is 15.7 Å². The summed E-state index contributed by atoms with van der Waals surface area (Å²) < 4.78 is 7.42. The number of benzene rings is 1. The molecule has 1 heterocycles. The van der Waals surface area contributed by atoms with E-state index in [4.69, 9.17) is 10.00 Å². The summed E-state index contributed by atoms with van der Waals surface area (Å²) in [6.07, 6.45) is 0.159. The van der Waals surface area contributed by atoms with Crippen LogP contribution in [0.5, 0.6) is 5.75 Å². The van der Waals surface area contributed by atoms with Crippen molar-refractivity contribution in [2.75, 3.05) is 0 Å². The molecule has 4 nitrogen and oxygen atoms in total. The van der Waals surface area contributed by atoms with E-state index in [2.05, 4.69) is 11.1 Å². The fourth-order valence-electron chi connectivity index (χ4n) is 2.00. The van der Waals surface area contributed by atoms with E-state index in [0.717, 1.165) is 22.8 Å². The fourth-order valence-corrected chi connectivity index (χ4v) is 2.00. The number of hydrogen-bond donors (Lipinski definition) is 0. The lowest BCUT2D eigenvalue weighted by Crippen LogP contribution is -2.05. The van der Waals surface area contributed by atoms with Crippen molar-refractivity contribution in [1.82, 2.24) is 9.55 Å². The minimum Gasteiger partial charge on any atom is -0.491 e. The van der Waals surface area contributed by atoms with Gasteiger partial charge < -0.3 is 9.30 Å². The Labute approximate surface area is 113 Å². The van der Waals surface area contributed by atoms with Gasteiger partial charge in [0.2, 0.25) is 0 Å². The highest BCUT2D eigenvalue weighted by molar-refractivity contribution is 5.59. The summed E-state index contributed by atoms with van der Waals surface area (Å²) in [5, 5.41) is 9.07. The summed E-state index contributed by atoms with van der Waals surface area (Å²) in [6, 6.07) is 9.93. The minimum atomic E-state index is 0.159. The number of aryl methyl sites for hydroxylation is 1. The summed E-state index contributed by atoms with van der Waals surface area (Å²) in [5.74, 6) is 1.63. The molecule has 4 heteroatoms. The number of rotatable bonds is 3. The molecule has 0 saturated carbocycles. The Bertz CT molecular complexity index is 618. The first-order valence-corrected chi connectivity index (χ1v) is 6.23. The van der Waals surface area contributed by atoms with Crippen LogP contribution in [0.1, 0.15) is 25.2 Å². The second-order valence-electron chi connectivity index (χ2n) is 4.73. The maximum absolute atomic E-state index is 9.07. The van der Waals surface area contributed by atoms with Gasteiger partial charge in [0.25, 0.3) is 0 Å². The van der Waals surface area contributed by atoms with Crippen LogP contribution < -0.4 is 4.74 Å². The maximum atomic E-state index is 9.07. The zero-order chi connectivity index (χ0) is 14.0. The first-order valence-electron chi connectivity index (χ1n) is 6.23. The zero-order valence-electron chi connectivity index (χ0n) is 11.6. The van der Waals surface area contributed by atoms with Gasteiger partial charge in [0.05, 0.1) is 11.8 Å². The molecule has 0 aliphatic rings. The predicted molar refractivity (Wildman–Crippen MR) is 73.9 cm³/mol. The number of nitrogens with zero attached hydrogens (tertiary/aromatic N) is 3. The lowest BCUT2D eigenvalue weighted by atomic mass is 10.2. The molecule has 0 aliphatic carbocycles. The van der Waals surface area contributed by atoms with E-state index in [1.807, 2.05) is 56.7 Å². The average molecular weight is 255 g/mol. The fraction of sp³-hybridized carbons (Fsp3) is 0.333. The van der Waals surface area contributed by atoms with Crippen molar-refractivity contribution in [3.8, 4) is 23.2 Å². The van der Waals surface area contributed by atoms with E-state index < -0.39 is 0 Å². The molecule has 0 unspecified atom stereocenters. The topological polar surface area (TPSA) is 50.8 Å². The number of imidazole rings is 1. The summed E-state index contributed by atoms with van der Waals surface area (Å²) in [7, 11) is 1.85. The minimum absolute atomic E-state index is 0.159. The van der Waals surface area contributed by atoms with Crippen molar-refractivity contribution < 1.29 is 4.74 Å². The van der Waals surface area contributed by atoms with Gasteiger partial charge >= 0.3 is 0 Å². The molecule has 1 aromatic carbocycles. The zero-order valence-corrected chi connectivity index (χ0v) is 11.6. The molecule has 19 heavy (non-hydrogen) atoms. The largest absolute Gasteiger partial charge is 0.491 e. The molecular formula is C15H17N3O. The van der Waals surface area contributed by atoms with Crippen LogP contribution in [0.25, 0.3) is 11.4 Å². The van der Waals surface area contributed by atoms with Crippen molar-refractivity contribution in [2.45, 2.75) is 26.9 Å². The molecule has 0 radical (unpaired) electrons. The van der Waals surface area contributed by atoms with Gasteiger partial charge in [-0.3, -0.25) is 0 Å². The summed E-state index contributed by atoms with van der Waals surface area (Å²) in [5.41, 5.74) is 2.32. The predicted octanol–water partition coefficient (Wildman–Crippen LogP) is 3.05. The highest BCUT2D eigenvalue weighted by Crippen LogP contribution is 2.23. The van der Waals surface area contributed by atoms with Gasteiger partial charge in [-0.25, -0.2) is 4.98 Å². The quantitative estimate of drug-likeness (QED) is 0.847. The van der Waals surface area contributed by atoms with Gasteiger partial charge in [-0.2, -0.15) is 5.26 Å². The molecule has 0 amide bonds. The Kier molecular flexibility index (Phi) is 3.57. The van der Waals surface area contributed by atoms with Gasteiger partial charge in [0.1, 0.15) is 23.3 Å². The number of ether oxygens (including phenoxy) is 1. The Morgan fingerprint density at radius 2 is 1.89 bits per heavy atom. The molecule has 0 spiro atoms. The number of nitriles is 1. The van der Waals surface area contributed by atoms with Gasteiger partial charge in [-0.15, -0.1) is 0 Å². The third-order valence-corrected chi connectivity index (χ3v) is 2.86. The molecule has 0 bridgehead atoms. The molecule has 0 aliphatic heterocycles. The lowest BCUT2D eigenvalue weighted by molar-refractivity contribution is 0.242. The lowest BCUT2D eigenvalue weighted by Gasteiger charge is -2.10. The van der Waals surface area contributed by atoms with Crippen molar-refractivity contribution in [2.24, 2.45) is 7.05 Å². The summed E-state index contributed by atoms with van der Waals surface area (Å²) in [4.78, 5) is 4.44. The second-order valence-corrected chi connectivity index (χ2v) is 4.73. The third-order valence-electron chi connectivity index (χ3n) is 2.86. The van der Waals surface area contributed by atoms with E-state index in [9.17, 15) is 0 Å². The van der Waals surface area contributed by atoms with Crippen LogP contribution in [0.2, 0.25) is 0 Å². The van der Waals surface area contributed by atoms with Crippen LogP contribution >= 0.6 is 0 Å². The van der Waals surface area contributed by atoms with E-state index in [-0.39, 0.29) is 6.10 Å². The van der Waals surface area contributed by atoms with Gasteiger partial charge in [0.15, 0.2) is 0 Å². The van der Waals surface area contributed by atoms with Crippen LogP contribution in [0.3, 0.4) is 0 Å². The monoisotopic (exact) mass is 255 g/mol. The molecule has 1 aromatic heterocycles. The highest BCUT2D eigenvalue weighted by Gasteiger charge is 2.12. The van der Waals surface area contributed by atoms with E-state index >= 15 is 0 Å². The average Bonchev–Trinajstić information content (AvgIpc) is 2.64. The molecule has 0 fully saturated rings. The molecule has 0 saturated heterocycles. The molecule has 98 valence electrons. The van der Waals surface area contributed by atoms with Crippen molar-refractivity contribution >= 4 is 0 Å². The normalized spacial score (nSPS) is 10.5. The Balaban J connectivity index is 2.36.